The maximum absolute atomic E-state index is 10.9. The van der Waals surface area contributed by atoms with Crippen molar-refractivity contribution in [3.05, 3.63) is 30.3 Å². The van der Waals surface area contributed by atoms with Gasteiger partial charge in [0.15, 0.2) is 0 Å². The van der Waals surface area contributed by atoms with E-state index in [1.54, 1.807) is 0 Å². The van der Waals surface area contributed by atoms with E-state index in [-0.39, 0.29) is 6.61 Å². The van der Waals surface area contributed by atoms with Gasteiger partial charge in [-0.25, -0.2) is 4.79 Å². The highest BCUT2D eigenvalue weighted by atomic mass is 16.4. The van der Waals surface area contributed by atoms with Gasteiger partial charge in [-0.1, -0.05) is 18.2 Å². The number of aliphatic hydroxyl groups excluding tert-OH is 1. The number of hydrogen-bond donors (Lipinski definition) is 2. The Labute approximate surface area is 113 Å². The van der Waals surface area contributed by atoms with E-state index in [0.717, 1.165) is 18.5 Å². The van der Waals surface area contributed by atoms with Crippen molar-refractivity contribution in [1.82, 2.24) is 4.90 Å². The first-order chi connectivity index (χ1) is 9.22. The summed E-state index contributed by atoms with van der Waals surface area (Å²) >= 11 is 0. The van der Waals surface area contributed by atoms with Crippen LogP contribution in [-0.2, 0) is 0 Å². The Bertz CT molecular complexity index is 402. The van der Waals surface area contributed by atoms with Crippen molar-refractivity contribution in [3.63, 3.8) is 0 Å². The van der Waals surface area contributed by atoms with Gasteiger partial charge < -0.3 is 20.0 Å². The minimum Gasteiger partial charge on any atom is -0.465 e. The highest BCUT2D eigenvalue weighted by molar-refractivity contribution is 5.65. The molecule has 0 aliphatic carbocycles. The Morgan fingerprint density at radius 2 is 1.89 bits per heavy atom. The second kappa shape index (κ2) is 6.43. The van der Waals surface area contributed by atoms with Crippen molar-refractivity contribution in [2.45, 2.75) is 18.9 Å². The molecule has 1 fully saturated rings. The molecule has 1 saturated heterocycles. The number of carbonyl (C=O) groups is 1. The number of rotatable bonds is 4. The average Bonchev–Trinajstić information content (AvgIpc) is 2.46. The number of nitrogens with zero attached hydrogens (tertiary/aromatic N) is 2. The molecule has 1 aromatic rings. The molecule has 1 heterocycles. The first-order valence-electron chi connectivity index (χ1n) is 6.63. The molecule has 5 nitrogen and oxygen atoms in total. The van der Waals surface area contributed by atoms with Gasteiger partial charge in [-0.2, -0.15) is 0 Å². The summed E-state index contributed by atoms with van der Waals surface area (Å²) in [6, 6.07) is 10.3. The van der Waals surface area contributed by atoms with Gasteiger partial charge in [0.05, 0.1) is 6.61 Å². The molecule has 0 bridgehead atoms. The lowest BCUT2D eigenvalue weighted by Gasteiger charge is -2.38. The van der Waals surface area contributed by atoms with Crippen LogP contribution in [0.2, 0.25) is 0 Å². The van der Waals surface area contributed by atoms with Crippen LogP contribution < -0.4 is 4.90 Å². The van der Waals surface area contributed by atoms with Crippen molar-refractivity contribution in [3.8, 4) is 0 Å². The highest BCUT2D eigenvalue weighted by Crippen LogP contribution is 2.23. The first kappa shape index (κ1) is 13.7. The number of benzene rings is 1. The van der Waals surface area contributed by atoms with E-state index in [1.165, 1.54) is 4.90 Å². The zero-order valence-corrected chi connectivity index (χ0v) is 10.9. The zero-order chi connectivity index (χ0) is 13.7. The Morgan fingerprint density at radius 3 is 2.42 bits per heavy atom. The molecule has 0 atom stereocenters. The highest BCUT2D eigenvalue weighted by Gasteiger charge is 2.26. The fourth-order valence-electron chi connectivity index (χ4n) is 2.62. The Kier molecular flexibility index (Phi) is 4.63. The molecule has 0 spiro atoms. The van der Waals surface area contributed by atoms with Gasteiger partial charge in [0.1, 0.15) is 0 Å². The van der Waals surface area contributed by atoms with Crippen molar-refractivity contribution in [2.24, 2.45) is 0 Å². The third-order valence-corrected chi connectivity index (χ3v) is 3.60. The van der Waals surface area contributed by atoms with Gasteiger partial charge in [0, 0.05) is 31.4 Å². The van der Waals surface area contributed by atoms with Crippen molar-refractivity contribution >= 4 is 11.8 Å². The molecule has 0 unspecified atom stereocenters. The number of anilines is 1. The molecule has 0 aromatic heterocycles. The van der Waals surface area contributed by atoms with Crippen LogP contribution in [0, 0.1) is 0 Å². The van der Waals surface area contributed by atoms with Crippen molar-refractivity contribution in [2.75, 3.05) is 31.1 Å². The predicted octanol–water partition coefficient (Wildman–Crippen LogP) is 1.63. The second-order valence-electron chi connectivity index (χ2n) is 4.75. The summed E-state index contributed by atoms with van der Waals surface area (Å²) in [6.07, 6.45) is 0.773. The van der Waals surface area contributed by atoms with Crippen LogP contribution in [0.25, 0.3) is 0 Å². The minimum atomic E-state index is -0.841. The standard InChI is InChI=1S/C14H20N2O3/c17-11-10-16(12-4-2-1-3-5-12)13-6-8-15(9-7-13)14(18)19/h1-5,13,17H,6-11H2,(H,18,19). The average molecular weight is 264 g/mol. The van der Waals surface area contributed by atoms with E-state index in [9.17, 15) is 9.90 Å². The van der Waals surface area contributed by atoms with E-state index in [4.69, 9.17) is 5.11 Å². The lowest BCUT2D eigenvalue weighted by molar-refractivity contribution is 0.131. The first-order valence-corrected chi connectivity index (χ1v) is 6.63. The summed E-state index contributed by atoms with van der Waals surface area (Å²) in [4.78, 5) is 14.5. The lowest BCUT2D eigenvalue weighted by Crippen LogP contribution is -2.47. The van der Waals surface area contributed by atoms with Crippen LogP contribution in [0.1, 0.15) is 12.8 Å². The number of para-hydroxylation sites is 1. The minimum absolute atomic E-state index is 0.105. The second-order valence-corrected chi connectivity index (χ2v) is 4.75. The summed E-state index contributed by atoms with van der Waals surface area (Å²) in [7, 11) is 0. The monoisotopic (exact) mass is 264 g/mol. The maximum atomic E-state index is 10.9. The zero-order valence-electron chi connectivity index (χ0n) is 10.9. The smallest absolute Gasteiger partial charge is 0.407 e. The molecule has 0 radical (unpaired) electrons. The van der Waals surface area contributed by atoms with E-state index >= 15 is 0 Å². The van der Waals surface area contributed by atoms with Crippen LogP contribution in [0.4, 0.5) is 10.5 Å². The van der Waals surface area contributed by atoms with Crippen LogP contribution in [0.15, 0.2) is 30.3 Å². The van der Waals surface area contributed by atoms with E-state index in [1.807, 2.05) is 30.3 Å². The Hall–Kier alpha value is -1.75. The largest absolute Gasteiger partial charge is 0.465 e. The molecule has 1 aliphatic heterocycles. The van der Waals surface area contributed by atoms with E-state index < -0.39 is 6.09 Å². The quantitative estimate of drug-likeness (QED) is 0.867. The summed E-state index contributed by atoms with van der Waals surface area (Å²) < 4.78 is 0. The molecule has 1 aromatic carbocycles. The Morgan fingerprint density at radius 1 is 1.26 bits per heavy atom. The van der Waals surface area contributed by atoms with E-state index in [0.29, 0.717) is 25.7 Å². The van der Waals surface area contributed by atoms with Crippen molar-refractivity contribution < 1.29 is 15.0 Å². The van der Waals surface area contributed by atoms with Gasteiger partial charge >= 0.3 is 6.09 Å². The van der Waals surface area contributed by atoms with Gasteiger partial charge in [-0.3, -0.25) is 0 Å². The molecule has 5 heteroatoms. The Balaban J connectivity index is 2.03. The molecule has 104 valence electrons. The van der Waals surface area contributed by atoms with Crippen LogP contribution >= 0.6 is 0 Å². The maximum Gasteiger partial charge on any atom is 0.407 e. The summed E-state index contributed by atoms with van der Waals surface area (Å²) in [5, 5.41) is 18.2. The van der Waals surface area contributed by atoms with Gasteiger partial charge in [-0.05, 0) is 25.0 Å². The third kappa shape index (κ3) is 3.38. The molecule has 2 rings (SSSR count). The molecule has 0 saturated carbocycles. The topological polar surface area (TPSA) is 64.0 Å². The molecule has 19 heavy (non-hydrogen) atoms. The third-order valence-electron chi connectivity index (χ3n) is 3.60. The number of carboxylic acid groups (broad SMARTS) is 1. The van der Waals surface area contributed by atoms with Gasteiger partial charge in [-0.15, -0.1) is 0 Å². The molecular weight excluding hydrogens is 244 g/mol. The number of piperidine rings is 1. The summed E-state index contributed by atoms with van der Waals surface area (Å²) in [5.41, 5.74) is 1.09. The number of hydrogen-bond acceptors (Lipinski definition) is 3. The SMILES string of the molecule is O=C(O)N1CCC(N(CCO)c2ccccc2)CC1. The normalized spacial score (nSPS) is 16.4. The number of likely N-dealkylation sites (tertiary alicyclic amines) is 1. The molecule has 1 amide bonds. The fraction of sp³-hybridized carbons (Fsp3) is 0.500. The van der Waals surface area contributed by atoms with E-state index in [2.05, 4.69) is 4.90 Å². The molecular formula is C14H20N2O3. The number of aliphatic hydroxyl groups is 1. The van der Waals surface area contributed by atoms with Crippen molar-refractivity contribution in [1.29, 1.82) is 0 Å². The lowest BCUT2D eigenvalue weighted by atomic mass is 10.0. The van der Waals surface area contributed by atoms with Crippen LogP contribution in [-0.4, -0.2) is 53.5 Å². The molecule has 2 N–H and O–H groups in total. The van der Waals surface area contributed by atoms with Crippen LogP contribution in [0.5, 0.6) is 0 Å². The molecule has 1 aliphatic rings. The van der Waals surface area contributed by atoms with Gasteiger partial charge in [0.25, 0.3) is 0 Å². The van der Waals surface area contributed by atoms with Gasteiger partial charge in [0.2, 0.25) is 0 Å². The van der Waals surface area contributed by atoms with Crippen LogP contribution in [0.3, 0.4) is 0 Å². The summed E-state index contributed by atoms with van der Waals surface area (Å²) in [5.74, 6) is 0. The summed E-state index contributed by atoms with van der Waals surface area (Å²) in [6.45, 7) is 1.82. The predicted molar refractivity (Wildman–Crippen MR) is 73.5 cm³/mol. The number of amides is 1. The fourth-order valence-corrected chi connectivity index (χ4v) is 2.62.